The van der Waals surface area contributed by atoms with Crippen molar-refractivity contribution in [1.82, 2.24) is 0 Å². The molecule has 0 heterocycles. The van der Waals surface area contributed by atoms with Crippen LogP contribution in [-0.4, -0.2) is 37.7 Å². The minimum absolute atomic E-state index is 0. The molecule has 0 spiro atoms. The molecule has 0 fully saturated rings. The SMILES string of the molecule is O=P([O-])(O)OP(=O)(O)O.O=P([O-])([O-])[O-].[Fe+2].[Mg+2]. The van der Waals surface area contributed by atoms with E-state index in [1.54, 1.807) is 0 Å². The van der Waals surface area contributed by atoms with Gasteiger partial charge in [0.1, 0.15) is 0 Å². The van der Waals surface area contributed by atoms with Crippen molar-refractivity contribution in [2.45, 2.75) is 0 Å². The van der Waals surface area contributed by atoms with Crippen molar-refractivity contribution in [1.29, 1.82) is 0 Å². The molecule has 16 heteroatoms. The van der Waals surface area contributed by atoms with Gasteiger partial charge < -0.3 is 38.8 Å². The zero-order valence-electron chi connectivity index (χ0n) is 7.01. The molecule has 1 atom stereocenters. The fourth-order valence-corrected chi connectivity index (χ4v) is 1.21. The topological polar surface area (TPSA) is 213 Å². The fraction of sp³-hybridized carbons (Fsp3) is 0. The summed E-state index contributed by atoms with van der Waals surface area (Å²) in [7, 11) is -15.8. The summed E-state index contributed by atoms with van der Waals surface area (Å²) in [5, 5.41) is 0. The Kier molecular flexibility index (Phi) is 15.7. The normalized spacial score (nSPS) is 14.4. The quantitative estimate of drug-likeness (QED) is 0.317. The van der Waals surface area contributed by atoms with E-state index in [4.69, 9.17) is 33.9 Å². The van der Waals surface area contributed by atoms with Crippen LogP contribution in [0.15, 0.2) is 0 Å². The van der Waals surface area contributed by atoms with E-state index in [-0.39, 0.29) is 40.1 Å². The van der Waals surface area contributed by atoms with Crippen LogP contribution >= 0.6 is 23.5 Å². The molecule has 94 valence electrons. The van der Waals surface area contributed by atoms with Gasteiger partial charge in [-0.3, -0.25) is 4.57 Å². The third-order valence-electron chi connectivity index (χ3n) is 0.210. The summed E-state index contributed by atoms with van der Waals surface area (Å²) in [6.45, 7) is 0. The van der Waals surface area contributed by atoms with Gasteiger partial charge in [0.15, 0.2) is 0 Å². The van der Waals surface area contributed by atoms with Gasteiger partial charge in [-0.1, -0.05) is 0 Å². The molecule has 0 aromatic rings. The Morgan fingerprint density at radius 2 is 1.06 bits per heavy atom. The predicted octanol–water partition coefficient (Wildman–Crippen LogP) is -4.65. The van der Waals surface area contributed by atoms with E-state index in [0.29, 0.717) is 0 Å². The van der Waals surface area contributed by atoms with E-state index in [9.17, 15) is 14.0 Å². The maximum absolute atomic E-state index is 9.59. The smallest absolute Gasteiger partial charge is 0.822 e. The second-order valence-corrected chi connectivity index (χ2v) is 4.95. The molecule has 0 aromatic heterocycles. The first kappa shape index (κ1) is 26.3. The number of hydrogen-bond acceptors (Lipinski definition) is 8. The Labute approximate surface area is 116 Å². The summed E-state index contributed by atoms with van der Waals surface area (Å²) in [5.74, 6) is 0. The second-order valence-electron chi connectivity index (χ2n) is 1.49. The summed E-state index contributed by atoms with van der Waals surface area (Å²) in [4.78, 5) is 58.2. The van der Waals surface area contributed by atoms with Crippen molar-refractivity contribution in [3.05, 3.63) is 0 Å². The third-order valence-corrected chi connectivity index (χ3v) is 1.89. The Hall–Kier alpha value is 1.66. The van der Waals surface area contributed by atoms with Gasteiger partial charge in [-0.15, -0.1) is 0 Å². The minimum Gasteiger partial charge on any atom is -0.822 e. The molecule has 0 aliphatic carbocycles. The zero-order chi connectivity index (χ0) is 12.2. The van der Waals surface area contributed by atoms with Gasteiger partial charge in [-0.25, -0.2) is 8.88 Å². The van der Waals surface area contributed by atoms with Crippen molar-refractivity contribution in [3.8, 4) is 0 Å². The molecular formula is H3FeMgO11P3. The first-order valence-corrected chi connectivity index (χ1v) is 6.73. The van der Waals surface area contributed by atoms with Crippen LogP contribution in [-0.2, 0) is 35.1 Å². The minimum atomic E-state index is -5.39. The van der Waals surface area contributed by atoms with E-state index in [0.717, 1.165) is 0 Å². The molecule has 1 unspecified atom stereocenters. The maximum Gasteiger partial charge on any atom is 2.00 e. The molecule has 11 nitrogen and oxygen atoms in total. The average molecular weight is 352 g/mol. The van der Waals surface area contributed by atoms with E-state index in [1.165, 1.54) is 0 Å². The number of phosphoric acid groups is 3. The van der Waals surface area contributed by atoms with Crippen molar-refractivity contribution in [2.24, 2.45) is 0 Å². The van der Waals surface area contributed by atoms with Gasteiger partial charge in [0.2, 0.25) is 0 Å². The molecule has 0 bridgehead atoms. The largest absolute Gasteiger partial charge is 2.00 e. The molecule has 0 saturated carbocycles. The monoisotopic (exact) mass is 352 g/mol. The second kappa shape index (κ2) is 9.57. The van der Waals surface area contributed by atoms with Crippen LogP contribution in [0.4, 0.5) is 0 Å². The van der Waals surface area contributed by atoms with Crippen LogP contribution in [0.25, 0.3) is 0 Å². The Morgan fingerprint density at radius 1 is 0.875 bits per heavy atom. The first-order valence-electron chi connectivity index (χ1n) is 2.24. The molecule has 3 N–H and O–H groups in total. The number of rotatable bonds is 2. The van der Waals surface area contributed by atoms with Crippen LogP contribution in [0.1, 0.15) is 0 Å². The molecule has 0 amide bonds. The average Bonchev–Trinajstić information content (AvgIpc) is 1.42. The molecule has 0 rings (SSSR count). The van der Waals surface area contributed by atoms with Gasteiger partial charge in [0, 0.05) is 0 Å². The van der Waals surface area contributed by atoms with Crippen LogP contribution in [0.5, 0.6) is 0 Å². The molecule has 16 heavy (non-hydrogen) atoms. The van der Waals surface area contributed by atoms with E-state index in [2.05, 4.69) is 4.31 Å². The van der Waals surface area contributed by atoms with Crippen molar-refractivity contribution in [2.75, 3.05) is 0 Å². The van der Waals surface area contributed by atoms with E-state index < -0.39 is 23.5 Å². The zero-order valence-corrected chi connectivity index (χ0v) is 12.2. The number of hydrogen-bond donors (Lipinski definition) is 3. The summed E-state index contributed by atoms with van der Waals surface area (Å²) < 4.78 is 30.5. The maximum atomic E-state index is 9.59. The Balaban J connectivity index is -0.0000000904. The molecule has 0 saturated heterocycles. The summed E-state index contributed by atoms with van der Waals surface area (Å²) >= 11 is 0. The third kappa shape index (κ3) is 57.4. The predicted molar refractivity (Wildman–Crippen MR) is 36.3 cm³/mol. The van der Waals surface area contributed by atoms with Gasteiger partial charge >= 0.3 is 47.9 Å². The Bertz CT molecular complexity index is 264. The summed E-state index contributed by atoms with van der Waals surface area (Å²) in [5.41, 5.74) is 0. The molecule has 0 aliphatic rings. The molecule has 0 aromatic carbocycles. The summed E-state index contributed by atoms with van der Waals surface area (Å²) in [6, 6.07) is 0. The first-order chi connectivity index (χ1) is 5.71. The van der Waals surface area contributed by atoms with Crippen LogP contribution in [0.2, 0.25) is 0 Å². The van der Waals surface area contributed by atoms with E-state index >= 15 is 0 Å². The van der Waals surface area contributed by atoms with Crippen molar-refractivity contribution >= 4 is 46.5 Å². The molecule has 0 radical (unpaired) electrons. The van der Waals surface area contributed by atoms with Gasteiger partial charge in [0.05, 0.1) is 0 Å². The summed E-state index contributed by atoms with van der Waals surface area (Å²) in [6.07, 6.45) is 0. The van der Waals surface area contributed by atoms with Crippen LogP contribution in [0.3, 0.4) is 0 Å². The van der Waals surface area contributed by atoms with Crippen molar-refractivity contribution < 1.29 is 69.3 Å². The van der Waals surface area contributed by atoms with Crippen molar-refractivity contribution in [3.63, 3.8) is 0 Å². The van der Waals surface area contributed by atoms with Gasteiger partial charge in [-0.2, -0.15) is 7.82 Å². The van der Waals surface area contributed by atoms with Gasteiger partial charge in [-0.05, 0) is 0 Å². The Morgan fingerprint density at radius 3 is 1.06 bits per heavy atom. The molecular weight excluding hydrogens is 349 g/mol. The van der Waals surface area contributed by atoms with Crippen LogP contribution in [0, 0.1) is 0 Å². The van der Waals surface area contributed by atoms with E-state index in [1.807, 2.05) is 0 Å². The molecule has 0 aliphatic heterocycles. The van der Waals surface area contributed by atoms with Crippen LogP contribution < -0.4 is 19.6 Å². The standard InChI is InChI=1S/Fe.Mg.H4O7P2.H3O4P/c;;1-8(2,3)7-9(4,5)6;1-5(2,3)4/h;;(H2,1,2,3)(H2,4,5,6);(H3,1,2,3,4)/q2*+2;;/p-4. The van der Waals surface area contributed by atoms with Gasteiger partial charge in [0.25, 0.3) is 7.82 Å². The fourth-order valence-electron chi connectivity index (χ4n) is 0.134.